The third kappa shape index (κ3) is 2.28. The van der Waals surface area contributed by atoms with Gasteiger partial charge in [-0.2, -0.15) is 8.78 Å². The molecule has 2 N–H and O–H groups in total. The number of nitrogens with two attached hydrogens (primary N) is 1. The molecule has 0 amide bonds. The number of benzene rings is 1. The van der Waals surface area contributed by atoms with Crippen molar-refractivity contribution in [3.63, 3.8) is 0 Å². The van der Waals surface area contributed by atoms with E-state index in [1.807, 2.05) is 0 Å². The minimum atomic E-state index is -3.12. The van der Waals surface area contributed by atoms with Gasteiger partial charge in [0.1, 0.15) is 0 Å². The molecule has 0 spiro atoms. The number of nitrogens with zero attached hydrogens (tertiary/aromatic N) is 1. The van der Waals surface area contributed by atoms with Crippen molar-refractivity contribution in [1.82, 2.24) is 0 Å². The summed E-state index contributed by atoms with van der Waals surface area (Å²) in [6, 6.07) is 3.22. The van der Waals surface area contributed by atoms with Gasteiger partial charge in [0.25, 0.3) is 0 Å². The Balaban J connectivity index is 3.09. The van der Waals surface area contributed by atoms with Crippen LogP contribution < -0.4 is 10.5 Å². The van der Waals surface area contributed by atoms with Crippen LogP contribution in [0.4, 0.5) is 20.2 Å². The van der Waals surface area contributed by atoms with Crippen molar-refractivity contribution in [3.8, 4) is 5.75 Å². The maximum absolute atomic E-state index is 11.8. The first-order valence-corrected chi connectivity index (χ1v) is 3.49. The summed E-state index contributed by atoms with van der Waals surface area (Å²) in [5.41, 5.74) is 4.83. The summed E-state index contributed by atoms with van der Waals surface area (Å²) in [6.45, 7) is -3.12. The smallest absolute Gasteiger partial charge is 0.387 e. The molecule has 0 aliphatic rings. The molecule has 0 radical (unpaired) electrons. The molecule has 7 heteroatoms. The Morgan fingerprint density at radius 2 is 2.14 bits per heavy atom. The molecule has 5 nitrogen and oxygen atoms in total. The first kappa shape index (κ1) is 10.2. The van der Waals surface area contributed by atoms with E-state index >= 15 is 0 Å². The molecule has 76 valence electrons. The van der Waals surface area contributed by atoms with E-state index in [1.54, 1.807) is 0 Å². The van der Waals surface area contributed by atoms with Gasteiger partial charge in [-0.3, -0.25) is 10.1 Å². The Morgan fingerprint density at radius 1 is 1.50 bits per heavy atom. The Bertz CT molecular complexity index is 357. The quantitative estimate of drug-likeness (QED) is 0.462. The molecule has 0 aliphatic carbocycles. The number of ether oxygens (including phenoxy) is 1. The van der Waals surface area contributed by atoms with Crippen molar-refractivity contribution in [2.75, 3.05) is 5.73 Å². The number of nitro groups is 1. The lowest BCUT2D eigenvalue weighted by Crippen LogP contribution is -2.05. The van der Waals surface area contributed by atoms with Gasteiger partial charge in [-0.25, -0.2) is 0 Å². The van der Waals surface area contributed by atoms with E-state index in [0.717, 1.165) is 12.1 Å². The first-order valence-electron chi connectivity index (χ1n) is 3.49. The minimum absolute atomic E-state index is 0.117. The van der Waals surface area contributed by atoms with Crippen LogP contribution in [0.5, 0.6) is 5.75 Å². The zero-order chi connectivity index (χ0) is 10.7. The van der Waals surface area contributed by atoms with E-state index in [9.17, 15) is 18.9 Å². The van der Waals surface area contributed by atoms with E-state index in [2.05, 4.69) is 4.74 Å². The predicted octanol–water partition coefficient (Wildman–Crippen LogP) is 1.78. The zero-order valence-corrected chi connectivity index (χ0v) is 6.81. The summed E-state index contributed by atoms with van der Waals surface area (Å²) in [5, 5.41) is 10.4. The molecular formula is C7H6F2N2O3. The molecule has 0 heterocycles. The molecule has 0 aromatic heterocycles. The fourth-order valence-electron chi connectivity index (χ4n) is 0.872. The summed E-state index contributed by atoms with van der Waals surface area (Å²) in [7, 11) is 0. The Morgan fingerprint density at radius 3 is 2.64 bits per heavy atom. The first-order chi connectivity index (χ1) is 6.50. The van der Waals surface area contributed by atoms with E-state index in [4.69, 9.17) is 5.73 Å². The van der Waals surface area contributed by atoms with Gasteiger partial charge in [-0.1, -0.05) is 0 Å². The number of anilines is 1. The summed E-state index contributed by atoms with van der Waals surface area (Å²) in [6.07, 6.45) is 0. The largest absolute Gasteiger partial charge is 0.427 e. The second-order valence-electron chi connectivity index (χ2n) is 2.36. The van der Waals surface area contributed by atoms with Crippen LogP contribution in [0.2, 0.25) is 0 Å². The van der Waals surface area contributed by atoms with Crippen LogP contribution in [-0.4, -0.2) is 11.5 Å². The van der Waals surface area contributed by atoms with Crippen LogP contribution >= 0.6 is 0 Å². The molecule has 1 aromatic rings. The van der Waals surface area contributed by atoms with Crippen molar-refractivity contribution >= 4 is 11.4 Å². The summed E-state index contributed by atoms with van der Waals surface area (Å²) >= 11 is 0. The van der Waals surface area contributed by atoms with Crippen molar-refractivity contribution in [1.29, 1.82) is 0 Å². The average molecular weight is 204 g/mol. The third-order valence-electron chi connectivity index (χ3n) is 1.40. The number of rotatable bonds is 3. The van der Waals surface area contributed by atoms with Crippen molar-refractivity contribution < 1.29 is 18.4 Å². The molecule has 0 atom stereocenters. The van der Waals surface area contributed by atoms with Crippen LogP contribution in [0, 0.1) is 10.1 Å². The maximum atomic E-state index is 11.8. The summed E-state index contributed by atoms with van der Waals surface area (Å²) in [4.78, 5) is 9.53. The number of hydrogen-bond acceptors (Lipinski definition) is 4. The van der Waals surface area contributed by atoms with Gasteiger partial charge in [0, 0.05) is 17.8 Å². The molecule has 0 aliphatic heterocycles. The second-order valence-corrected chi connectivity index (χ2v) is 2.36. The van der Waals surface area contributed by atoms with E-state index in [-0.39, 0.29) is 5.69 Å². The highest BCUT2D eigenvalue weighted by Crippen LogP contribution is 2.29. The minimum Gasteiger partial charge on any atom is -0.427 e. The van der Waals surface area contributed by atoms with E-state index in [1.165, 1.54) is 6.07 Å². The van der Waals surface area contributed by atoms with E-state index in [0.29, 0.717) is 0 Å². The van der Waals surface area contributed by atoms with Crippen LogP contribution in [-0.2, 0) is 0 Å². The molecule has 0 fully saturated rings. The van der Waals surface area contributed by atoms with E-state index < -0.39 is 23.0 Å². The molecule has 0 bridgehead atoms. The van der Waals surface area contributed by atoms with Gasteiger partial charge >= 0.3 is 12.3 Å². The second kappa shape index (κ2) is 3.86. The highest BCUT2D eigenvalue weighted by atomic mass is 19.3. The van der Waals surface area contributed by atoms with Crippen molar-refractivity contribution in [2.45, 2.75) is 6.61 Å². The van der Waals surface area contributed by atoms with Crippen LogP contribution in [0.3, 0.4) is 0 Å². The van der Waals surface area contributed by atoms with Gasteiger partial charge in [0.2, 0.25) is 5.75 Å². The Hall–Kier alpha value is -1.92. The number of alkyl halides is 2. The molecule has 14 heavy (non-hydrogen) atoms. The zero-order valence-electron chi connectivity index (χ0n) is 6.81. The summed E-state index contributed by atoms with van der Waals surface area (Å²) in [5.74, 6) is -0.537. The lowest BCUT2D eigenvalue weighted by molar-refractivity contribution is -0.386. The van der Waals surface area contributed by atoms with Crippen LogP contribution in [0.25, 0.3) is 0 Å². The summed E-state index contributed by atoms with van der Waals surface area (Å²) < 4.78 is 27.6. The topological polar surface area (TPSA) is 78.4 Å². The number of halogens is 2. The lowest BCUT2D eigenvalue weighted by atomic mass is 10.2. The molecule has 1 rings (SSSR count). The third-order valence-corrected chi connectivity index (χ3v) is 1.40. The number of nitrogen functional groups attached to an aromatic ring is 1. The fourth-order valence-corrected chi connectivity index (χ4v) is 0.872. The van der Waals surface area contributed by atoms with Gasteiger partial charge in [-0.05, 0) is 6.07 Å². The SMILES string of the molecule is Nc1ccc([N+](=O)[O-])c(OC(F)F)c1. The highest BCUT2D eigenvalue weighted by molar-refractivity contribution is 5.55. The van der Waals surface area contributed by atoms with Gasteiger partial charge in [0.15, 0.2) is 0 Å². The standard InChI is InChI=1S/C7H6F2N2O3/c8-7(9)14-6-3-4(10)1-2-5(6)11(12)13/h1-3,7H,10H2. The van der Waals surface area contributed by atoms with Gasteiger partial charge < -0.3 is 10.5 Å². The number of hydrogen-bond donors (Lipinski definition) is 1. The van der Waals surface area contributed by atoms with Gasteiger partial charge in [0.05, 0.1) is 4.92 Å². The maximum Gasteiger partial charge on any atom is 0.387 e. The fraction of sp³-hybridized carbons (Fsp3) is 0.143. The van der Waals surface area contributed by atoms with Crippen LogP contribution in [0.1, 0.15) is 0 Å². The monoisotopic (exact) mass is 204 g/mol. The molecule has 0 saturated carbocycles. The molecule has 0 saturated heterocycles. The highest BCUT2D eigenvalue weighted by Gasteiger charge is 2.18. The number of nitro benzene ring substituents is 1. The Kier molecular flexibility index (Phi) is 2.80. The van der Waals surface area contributed by atoms with Crippen LogP contribution in [0.15, 0.2) is 18.2 Å². The van der Waals surface area contributed by atoms with Crippen molar-refractivity contribution in [3.05, 3.63) is 28.3 Å². The molecular weight excluding hydrogens is 198 g/mol. The predicted molar refractivity (Wildman–Crippen MR) is 44.1 cm³/mol. The van der Waals surface area contributed by atoms with Gasteiger partial charge in [-0.15, -0.1) is 0 Å². The molecule has 0 unspecified atom stereocenters. The normalized spacial score (nSPS) is 10.2. The average Bonchev–Trinajstić information content (AvgIpc) is 2.01. The lowest BCUT2D eigenvalue weighted by Gasteiger charge is -2.05. The molecule has 1 aromatic carbocycles. The van der Waals surface area contributed by atoms with Crippen molar-refractivity contribution in [2.24, 2.45) is 0 Å². The Labute approximate surface area is 77.2 Å².